The Hall–Kier alpha value is -0.370. The van der Waals surface area contributed by atoms with Crippen LogP contribution < -0.4 is 0 Å². The highest BCUT2D eigenvalue weighted by Crippen LogP contribution is 2.39. The van der Waals surface area contributed by atoms with Gasteiger partial charge in [0, 0.05) is 18.5 Å². The van der Waals surface area contributed by atoms with E-state index in [0.29, 0.717) is 5.41 Å². The maximum absolute atomic E-state index is 11.3. The lowest BCUT2D eigenvalue weighted by atomic mass is 9.87. The van der Waals surface area contributed by atoms with Crippen molar-refractivity contribution < 1.29 is 4.79 Å². The van der Waals surface area contributed by atoms with E-state index in [4.69, 9.17) is 0 Å². The predicted molar refractivity (Wildman–Crippen MR) is 61.8 cm³/mol. The van der Waals surface area contributed by atoms with E-state index in [-0.39, 0.29) is 5.41 Å². The molecule has 0 atom stereocenters. The average molecular weight is 209 g/mol. The van der Waals surface area contributed by atoms with Gasteiger partial charge >= 0.3 is 0 Å². The standard InChI is InChI=1S/C13H23NO/c1-12(2)7-8-14(9-12)10-13(11-15)5-3-4-6-13/h11H,3-10H2,1-2H3. The van der Waals surface area contributed by atoms with E-state index in [1.165, 1.54) is 38.6 Å². The van der Waals surface area contributed by atoms with Crippen LogP contribution in [0.1, 0.15) is 46.0 Å². The van der Waals surface area contributed by atoms with Gasteiger partial charge in [-0.15, -0.1) is 0 Å². The monoisotopic (exact) mass is 209 g/mol. The summed E-state index contributed by atoms with van der Waals surface area (Å²) < 4.78 is 0. The molecule has 86 valence electrons. The molecule has 2 heteroatoms. The second kappa shape index (κ2) is 3.89. The SMILES string of the molecule is CC1(C)CCN(CC2(C=O)CCCC2)C1. The Morgan fingerprint density at radius 1 is 1.20 bits per heavy atom. The molecule has 0 N–H and O–H groups in total. The molecule has 0 aromatic carbocycles. The number of carbonyl (C=O) groups is 1. The van der Waals surface area contributed by atoms with Crippen molar-refractivity contribution in [2.24, 2.45) is 10.8 Å². The summed E-state index contributed by atoms with van der Waals surface area (Å²) in [4.78, 5) is 13.8. The van der Waals surface area contributed by atoms with Gasteiger partial charge in [-0.1, -0.05) is 26.7 Å². The first-order valence-electron chi connectivity index (χ1n) is 6.24. The van der Waals surface area contributed by atoms with E-state index in [1.54, 1.807) is 0 Å². The summed E-state index contributed by atoms with van der Waals surface area (Å²) in [5, 5.41) is 0. The second-order valence-corrected chi connectivity index (χ2v) is 6.31. The zero-order valence-electron chi connectivity index (χ0n) is 10.1. The van der Waals surface area contributed by atoms with Crippen LogP contribution in [0, 0.1) is 10.8 Å². The zero-order chi connectivity index (χ0) is 10.9. The van der Waals surface area contributed by atoms with Crippen LogP contribution in [0.2, 0.25) is 0 Å². The molecule has 1 aliphatic heterocycles. The molecule has 1 saturated heterocycles. The lowest BCUT2D eigenvalue weighted by Crippen LogP contribution is -2.36. The molecule has 1 heterocycles. The number of aldehydes is 1. The Bertz CT molecular complexity index is 241. The highest BCUT2D eigenvalue weighted by molar-refractivity contribution is 5.60. The van der Waals surface area contributed by atoms with Crippen molar-refractivity contribution in [1.82, 2.24) is 4.90 Å². The van der Waals surface area contributed by atoms with Gasteiger partial charge in [-0.25, -0.2) is 0 Å². The minimum Gasteiger partial charge on any atom is -0.303 e. The first-order valence-corrected chi connectivity index (χ1v) is 6.24. The van der Waals surface area contributed by atoms with Crippen molar-refractivity contribution in [3.63, 3.8) is 0 Å². The molecule has 2 nitrogen and oxygen atoms in total. The van der Waals surface area contributed by atoms with E-state index in [1.807, 2.05) is 0 Å². The molecular weight excluding hydrogens is 186 g/mol. The molecule has 1 aliphatic carbocycles. The first-order chi connectivity index (χ1) is 7.05. The molecule has 15 heavy (non-hydrogen) atoms. The maximum atomic E-state index is 11.3. The third kappa shape index (κ3) is 2.41. The minimum atomic E-state index is 0.0143. The van der Waals surface area contributed by atoms with Gasteiger partial charge in [0.05, 0.1) is 0 Å². The molecule has 0 aromatic rings. The van der Waals surface area contributed by atoms with Gasteiger partial charge < -0.3 is 9.69 Å². The Labute approximate surface area is 93.0 Å². The van der Waals surface area contributed by atoms with Crippen LogP contribution in [0.5, 0.6) is 0 Å². The van der Waals surface area contributed by atoms with Crippen LogP contribution in [0.4, 0.5) is 0 Å². The Morgan fingerprint density at radius 3 is 2.33 bits per heavy atom. The van der Waals surface area contributed by atoms with E-state index in [0.717, 1.165) is 19.4 Å². The van der Waals surface area contributed by atoms with Crippen LogP contribution in [0.3, 0.4) is 0 Å². The van der Waals surface area contributed by atoms with Crippen LogP contribution in [0.15, 0.2) is 0 Å². The number of nitrogens with zero attached hydrogens (tertiary/aromatic N) is 1. The van der Waals surface area contributed by atoms with Crippen molar-refractivity contribution in [2.45, 2.75) is 46.0 Å². The van der Waals surface area contributed by atoms with Crippen LogP contribution in [-0.2, 0) is 4.79 Å². The van der Waals surface area contributed by atoms with Crippen molar-refractivity contribution in [3.05, 3.63) is 0 Å². The molecule has 0 bridgehead atoms. The summed E-state index contributed by atoms with van der Waals surface area (Å²) in [6, 6.07) is 0. The van der Waals surface area contributed by atoms with Crippen LogP contribution >= 0.6 is 0 Å². The van der Waals surface area contributed by atoms with Gasteiger partial charge in [0.1, 0.15) is 6.29 Å². The van der Waals surface area contributed by atoms with E-state index in [2.05, 4.69) is 18.7 Å². The van der Waals surface area contributed by atoms with Gasteiger partial charge in [-0.05, 0) is 31.2 Å². The zero-order valence-corrected chi connectivity index (χ0v) is 10.1. The normalized spacial score (nSPS) is 29.5. The molecule has 2 fully saturated rings. The van der Waals surface area contributed by atoms with Crippen LogP contribution in [0.25, 0.3) is 0 Å². The predicted octanol–water partition coefficient (Wildman–Crippen LogP) is 2.48. The van der Waals surface area contributed by atoms with E-state index < -0.39 is 0 Å². The summed E-state index contributed by atoms with van der Waals surface area (Å²) in [6.45, 7) is 8.02. The van der Waals surface area contributed by atoms with Gasteiger partial charge in [0.15, 0.2) is 0 Å². The summed E-state index contributed by atoms with van der Waals surface area (Å²) >= 11 is 0. The third-order valence-electron chi connectivity index (χ3n) is 4.14. The molecule has 0 radical (unpaired) electrons. The number of hydrogen-bond donors (Lipinski definition) is 0. The lowest BCUT2D eigenvalue weighted by molar-refractivity contribution is -0.116. The molecule has 1 saturated carbocycles. The second-order valence-electron chi connectivity index (χ2n) is 6.31. The van der Waals surface area contributed by atoms with Gasteiger partial charge in [-0.2, -0.15) is 0 Å². The number of likely N-dealkylation sites (tertiary alicyclic amines) is 1. The van der Waals surface area contributed by atoms with Crippen molar-refractivity contribution >= 4 is 6.29 Å². The fraction of sp³-hybridized carbons (Fsp3) is 0.923. The van der Waals surface area contributed by atoms with Crippen molar-refractivity contribution in [2.75, 3.05) is 19.6 Å². The molecule has 2 aliphatic rings. The third-order valence-corrected chi connectivity index (χ3v) is 4.14. The van der Waals surface area contributed by atoms with Gasteiger partial charge in [0.2, 0.25) is 0 Å². The largest absolute Gasteiger partial charge is 0.303 e. The smallest absolute Gasteiger partial charge is 0.127 e. The molecular formula is C13H23NO. The summed E-state index contributed by atoms with van der Waals surface area (Å²) in [6.07, 6.45) is 7.25. The highest BCUT2D eigenvalue weighted by atomic mass is 16.1. The number of carbonyl (C=O) groups excluding carboxylic acids is 1. The van der Waals surface area contributed by atoms with Crippen molar-refractivity contribution in [1.29, 1.82) is 0 Å². The molecule has 0 aromatic heterocycles. The fourth-order valence-corrected chi connectivity index (χ4v) is 3.20. The molecule has 0 unspecified atom stereocenters. The Morgan fingerprint density at radius 2 is 1.87 bits per heavy atom. The topological polar surface area (TPSA) is 20.3 Å². The summed E-state index contributed by atoms with van der Waals surface area (Å²) in [7, 11) is 0. The Balaban J connectivity index is 1.94. The summed E-state index contributed by atoms with van der Waals surface area (Å²) in [5.41, 5.74) is 0.475. The molecule has 2 rings (SSSR count). The van der Waals surface area contributed by atoms with E-state index >= 15 is 0 Å². The summed E-state index contributed by atoms with van der Waals surface area (Å²) in [5.74, 6) is 0. The number of hydrogen-bond acceptors (Lipinski definition) is 2. The number of rotatable bonds is 3. The maximum Gasteiger partial charge on any atom is 0.127 e. The lowest BCUT2D eigenvalue weighted by Gasteiger charge is -2.29. The fourth-order valence-electron chi connectivity index (χ4n) is 3.20. The minimum absolute atomic E-state index is 0.0143. The first kappa shape index (κ1) is 11.1. The van der Waals surface area contributed by atoms with Gasteiger partial charge in [-0.3, -0.25) is 0 Å². The van der Waals surface area contributed by atoms with E-state index in [9.17, 15) is 4.79 Å². The van der Waals surface area contributed by atoms with Crippen LogP contribution in [-0.4, -0.2) is 30.8 Å². The quantitative estimate of drug-likeness (QED) is 0.666. The Kier molecular flexibility index (Phi) is 2.89. The van der Waals surface area contributed by atoms with Gasteiger partial charge in [0.25, 0.3) is 0 Å². The van der Waals surface area contributed by atoms with Crippen molar-refractivity contribution in [3.8, 4) is 0 Å². The average Bonchev–Trinajstić information content (AvgIpc) is 2.75. The molecule has 0 amide bonds. The highest BCUT2D eigenvalue weighted by Gasteiger charge is 2.38. The molecule has 0 spiro atoms.